The zero-order valence-electron chi connectivity index (χ0n) is 9.55. The molecule has 0 saturated carbocycles. The third-order valence-electron chi connectivity index (χ3n) is 2.64. The van der Waals surface area contributed by atoms with Crippen LogP contribution in [-0.2, 0) is 0 Å². The number of aromatic nitrogens is 1. The summed E-state index contributed by atoms with van der Waals surface area (Å²) in [4.78, 5) is 11.7. The van der Waals surface area contributed by atoms with Gasteiger partial charge in [-0.15, -0.1) is 0 Å². The van der Waals surface area contributed by atoms with Crippen LogP contribution in [0.5, 0.6) is 0 Å². The molecule has 1 heterocycles. The van der Waals surface area contributed by atoms with Crippen LogP contribution in [0.1, 0.15) is 25.3 Å². The van der Waals surface area contributed by atoms with Crippen LogP contribution in [0.15, 0.2) is 53.5 Å². The fourth-order valence-corrected chi connectivity index (χ4v) is 1.67. The Balaban J connectivity index is 2.53. The first kappa shape index (κ1) is 10.7. The summed E-state index contributed by atoms with van der Waals surface area (Å²) < 4.78 is 1.66. The van der Waals surface area contributed by atoms with Gasteiger partial charge in [0.25, 0.3) is 5.56 Å². The summed E-state index contributed by atoms with van der Waals surface area (Å²) >= 11 is 0. The lowest BCUT2D eigenvalue weighted by molar-refractivity contribution is 0.860. The van der Waals surface area contributed by atoms with E-state index in [2.05, 4.69) is 26.0 Å². The van der Waals surface area contributed by atoms with E-state index in [4.69, 9.17) is 0 Å². The molecule has 2 rings (SSSR count). The molecule has 0 spiro atoms. The molecule has 1 aromatic carbocycles. The van der Waals surface area contributed by atoms with Crippen molar-refractivity contribution < 1.29 is 0 Å². The van der Waals surface area contributed by atoms with Crippen molar-refractivity contribution in [2.75, 3.05) is 0 Å². The van der Waals surface area contributed by atoms with Gasteiger partial charge in [0.1, 0.15) is 0 Å². The van der Waals surface area contributed by atoms with E-state index in [1.807, 2.05) is 18.2 Å². The van der Waals surface area contributed by atoms with Crippen molar-refractivity contribution in [3.8, 4) is 5.69 Å². The summed E-state index contributed by atoms with van der Waals surface area (Å²) in [5.74, 6) is 0.472. The lowest BCUT2D eigenvalue weighted by atomic mass is 10.0. The second-order valence-electron chi connectivity index (χ2n) is 4.16. The molecular weight excluding hydrogens is 198 g/mol. The highest BCUT2D eigenvalue weighted by molar-refractivity contribution is 5.37. The average Bonchev–Trinajstić information content (AvgIpc) is 2.30. The third-order valence-corrected chi connectivity index (χ3v) is 2.64. The third kappa shape index (κ3) is 2.06. The number of pyridine rings is 1. The summed E-state index contributed by atoms with van der Waals surface area (Å²) in [6, 6.07) is 13.3. The minimum absolute atomic E-state index is 0.00315. The van der Waals surface area contributed by atoms with Crippen LogP contribution < -0.4 is 5.56 Å². The van der Waals surface area contributed by atoms with Gasteiger partial charge in [-0.2, -0.15) is 0 Å². The molecule has 2 aromatic rings. The monoisotopic (exact) mass is 213 g/mol. The Kier molecular flexibility index (Phi) is 2.91. The average molecular weight is 213 g/mol. The van der Waals surface area contributed by atoms with Gasteiger partial charge in [0.15, 0.2) is 0 Å². The Morgan fingerprint density at radius 2 is 1.88 bits per heavy atom. The predicted molar refractivity (Wildman–Crippen MR) is 66.1 cm³/mol. The van der Waals surface area contributed by atoms with E-state index >= 15 is 0 Å². The second-order valence-corrected chi connectivity index (χ2v) is 4.16. The predicted octanol–water partition coefficient (Wildman–Crippen LogP) is 2.96. The molecular formula is C14H15NO. The molecule has 82 valence electrons. The molecule has 2 nitrogen and oxygen atoms in total. The molecule has 1 aromatic heterocycles. The normalized spacial score (nSPS) is 10.7. The summed E-state index contributed by atoms with van der Waals surface area (Å²) in [5.41, 5.74) is 2.17. The molecule has 16 heavy (non-hydrogen) atoms. The Labute approximate surface area is 95.2 Å². The smallest absolute Gasteiger partial charge is 0.255 e. The fourth-order valence-electron chi connectivity index (χ4n) is 1.67. The van der Waals surface area contributed by atoms with Gasteiger partial charge in [0, 0.05) is 18.0 Å². The van der Waals surface area contributed by atoms with Crippen molar-refractivity contribution in [1.82, 2.24) is 4.57 Å². The van der Waals surface area contributed by atoms with E-state index in [1.54, 1.807) is 22.9 Å². The van der Waals surface area contributed by atoms with Crippen LogP contribution in [0.4, 0.5) is 0 Å². The second kappa shape index (κ2) is 4.35. The van der Waals surface area contributed by atoms with E-state index in [0.29, 0.717) is 5.92 Å². The largest absolute Gasteiger partial charge is 0.284 e. The van der Waals surface area contributed by atoms with Gasteiger partial charge in [-0.1, -0.05) is 32.0 Å². The van der Waals surface area contributed by atoms with Crippen molar-refractivity contribution in [1.29, 1.82) is 0 Å². The molecule has 0 amide bonds. The zero-order valence-corrected chi connectivity index (χ0v) is 9.55. The summed E-state index contributed by atoms with van der Waals surface area (Å²) in [5, 5.41) is 0. The molecule has 0 aliphatic rings. The molecule has 0 fully saturated rings. The van der Waals surface area contributed by atoms with Crippen LogP contribution in [0.2, 0.25) is 0 Å². The number of nitrogens with zero attached hydrogens (tertiary/aromatic N) is 1. The SMILES string of the molecule is CC(C)c1cccc(-n2ccccc2=O)c1. The van der Waals surface area contributed by atoms with Crippen molar-refractivity contribution in [3.05, 3.63) is 64.6 Å². The Morgan fingerprint density at radius 3 is 2.56 bits per heavy atom. The van der Waals surface area contributed by atoms with Crippen molar-refractivity contribution >= 4 is 0 Å². The first-order valence-corrected chi connectivity index (χ1v) is 5.46. The number of rotatable bonds is 2. The highest BCUT2D eigenvalue weighted by Crippen LogP contribution is 2.16. The molecule has 0 N–H and O–H groups in total. The van der Waals surface area contributed by atoms with Crippen LogP contribution in [0.25, 0.3) is 5.69 Å². The fraction of sp³-hybridized carbons (Fsp3) is 0.214. The molecule has 0 saturated heterocycles. The standard InChI is InChI=1S/C14H15NO/c1-11(2)12-6-5-7-13(10-12)15-9-4-3-8-14(15)16/h3-11H,1-2H3. The Bertz CT molecular complexity index is 540. The minimum atomic E-state index is 0.00315. The molecule has 2 heteroatoms. The van der Waals surface area contributed by atoms with Crippen molar-refractivity contribution in [2.24, 2.45) is 0 Å². The van der Waals surface area contributed by atoms with Gasteiger partial charge in [0.2, 0.25) is 0 Å². The van der Waals surface area contributed by atoms with Gasteiger partial charge in [-0.05, 0) is 29.7 Å². The maximum atomic E-state index is 11.7. The molecule has 0 radical (unpaired) electrons. The summed E-state index contributed by atoms with van der Waals surface area (Å²) in [6.07, 6.45) is 1.79. The summed E-state index contributed by atoms with van der Waals surface area (Å²) in [7, 11) is 0. The first-order chi connectivity index (χ1) is 7.68. The van der Waals surface area contributed by atoms with Crippen molar-refractivity contribution in [3.63, 3.8) is 0 Å². The van der Waals surface area contributed by atoms with E-state index < -0.39 is 0 Å². The minimum Gasteiger partial charge on any atom is -0.284 e. The van der Waals surface area contributed by atoms with Crippen LogP contribution in [-0.4, -0.2) is 4.57 Å². The van der Waals surface area contributed by atoms with E-state index in [-0.39, 0.29) is 5.56 Å². The molecule has 0 atom stereocenters. The van der Waals surface area contributed by atoms with E-state index in [9.17, 15) is 4.79 Å². The van der Waals surface area contributed by atoms with E-state index in [0.717, 1.165) is 5.69 Å². The molecule has 0 unspecified atom stereocenters. The lowest BCUT2D eigenvalue weighted by Crippen LogP contribution is -2.15. The van der Waals surface area contributed by atoms with Crippen LogP contribution in [0, 0.1) is 0 Å². The highest BCUT2D eigenvalue weighted by atomic mass is 16.1. The summed E-state index contributed by atoms with van der Waals surface area (Å²) in [6.45, 7) is 4.29. The quantitative estimate of drug-likeness (QED) is 0.751. The van der Waals surface area contributed by atoms with Gasteiger partial charge in [-0.25, -0.2) is 0 Å². The van der Waals surface area contributed by atoms with Crippen LogP contribution >= 0.6 is 0 Å². The van der Waals surface area contributed by atoms with Gasteiger partial charge in [-0.3, -0.25) is 9.36 Å². The number of hydrogen-bond acceptors (Lipinski definition) is 1. The Morgan fingerprint density at radius 1 is 1.06 bits per heavy atom. The maximum Gasteiger partial charge on any atom is 0.255 e. The first-order valence-electron chi connectivity index (χ1n) is 5.46. The Hall–Kier alpha value is -1.83. The van der Waals surface area contributed by atoms with Crippen LogP contribution in [0.3, 0.4) is 0 Å². The van der Waals surface area contributed by atoms with Gasteiger partial charge < -0.3 is 0 Å². The number of hydrogen-bond donors (Lipinski definition) is 0. The molecule has 0 aliphatic heterocycles. The van der Waals surface area contributed by atoms with Gasteiger partial charge >= 0.3 is 0 Å². The maximum absolute atomic E-state index is 11.7. The topological polar surface area (TPSA) is 22.0 Å². The van der Waals surface area contributed by atoms with Crippen molar-refractivity contribution in [2.45, 2.75) is 19.8 Å². The highest BCUT2D eigenvalue weighted by Gasteiger charge is 2.02. The molecule has 0 aliphatic carbocycles. The lowest BCUT2D eigenvalue weighted by Gasteiger charge is -2.09. The zero-order chi connectivity index (χ0) is 11.5. The molecule has 0 bridgehead atoms. The van der Waals surface area contributed by atoms with Gasteiger partial charge in [0.05, 0.1) is 0 Å². The van der Waals surface area contributed by atoms with E-state index in [1.165, 1.54) is 5.56 Å². The number of benzene rings is 1.